The number of carbonyl (C=O) groups excluding carboxylic acids is 2. The van der Waals surface area contributed by atoms with Crippen molar-refractivity contribution in [3.8, 4) is 0 Å². The fourth-order valence-electron chi connectivity index (χ4n) is 1.92. The van der Waals surface area contributed by atoms with Gasteiger partial charge in [0.2, 0.25) is 0 Å². The van der Waals surface area contributed by atoms with Crippen LogP contribution >= 0.6 is 0 Å². The molecule has 1 aromatic rings. The lowest BCUT2D eigenvalue weighted by atomic mass is 10.1. The molecule has 1 heterocycles. The zero-order valence-corrected chi connectivity index (χ0v) is 12.8. The Morgan fingerprint density at radius 2 is 0.913 bits per heavy atom. The van der Waals surface area contributed by atoms with Crippen molar-refractivity contribution >= 4 is 11.9 Å². The van der Waals surface area contributed by atoms with Crippen LogP contribution < -0.4 is 0 Å². The zero-order chi connectivity index (χ0) is 16.3. The second-order valence-electron chi connectivity index (χ2n) is 4.65. The van der Waals surface area contributed by atoms with E-state index in [9.17, 15) is 9.59 Å². The highest BCUT2D eigenvalue weighted by molar-refractivity contribution is 6.03. The van der Waals surface area contributed by atoms with Gasteiger partial charge in [0.1, 0.15) is 13.2 Å². The molecule has 0 unspecified atom stereocenters. The molecular formula is C16H20O7. The van der Waals surface area contributed by atoms with Crippen molar-refractivity contribution in [2.45, 2.75) is 0 Å². The van der Waals surface area contributed by atoms with Gasteiger partial charge in [-0.2, -0.15) is 0 Å². The SMILES string of the molecule is O=C1OCCOCCOCCOCCOC(=O)c2ccccc21. The molecule has 0 saturated carbocycles. The van der Waals surface area contributed by atoms with Crippen molar-refractivity contribution in [3.05, 3.63) is 35.4 Å². The fourth-order valence-corrected chi connectivity index (χ4v) is 1.92. The average molecular weight is 324 g/mol. The van der Waals surface area contributed by atoms with Crippen LogP contribution in [0.5, 0.6) is 0 Å². The van der Waals surface area contributed by atoms with Gasteiger partial charge >= 0.3 is 11.9 Å². The van der Waals surface area contributed by atoms with E-state index in [2.05, 4.69) is 0 Å². The molecule has 0 atom stereocenters. The maximum atomic E-state index is 12.1. The second-order valence-corrected chi connectivity index (χ2v) is 4.65. The highest BCUT2D eigenvalue weighted by Gasteiger charge is 2.18. The molecule has 1 aliphatic heterocycles. The lowest BCUT2D eigenvalue weighted by Crippen LogP contribution is -2.17. The van der Waals surface area contributed by atoms with Gasteiger partial charge in [-0.1, -0.05) is 12.1 Å². The largest absolute Gasteiger partial charge is 0.460 e. The Balaban J connectivity index is 2.01. The molecule has 7 heteroatoms. The summed E-state index contributed by atoms with van der Waals surface area (Å²) in [5.74, 6) is -1.17. The molecule has 0 fully saturated rings. The lowest BCUT2D eigenvalue weighted by molar-refractivity contribution is -0.00576. The molecule has 1 aromatic carbocycles. The molecule has 7 nitrogen and oxygen atoms in total. The van der Waals surface area contributed by atoms with Crippen molar-refractivity contribution in [2.75, 3.05) is 52.9 Å². The second kappa shape index (κ2) is 9.94. The minimum Gasteiger partial charge on any atom is -0.460 e. The monoisotopic (exact) mass is 324 g/mol. The maximum Gasteiger partial charge on any atom is 0.339 e. The summed E-state index contributed by atoms with van der Waals surface area (Å²) in [6.07, 6.45) is 0. The predicted octanol–water partition coefficient (Wildman–Crippen LogP) is 1.06. The summed E-state index contributed by atoms with van der Waals surface area (Å²) in [7, 11) is 0. The van der Waals surface area contributed by atoms with E-state index in [4.69, 9.17) is 23.7 Å². The smallest absolute Gasteiger partial charge is 0.339 e. The summed E-state index contributed by atoms with van der Waals surface area (Å²) in [4.78, 5) is 24.1. The van der Waals surface area contributed by atoms with Gasteiger partial charge in [-0.3, -0.25) is 0 Å². The van der Waals surface area contributed by atoms with Crippen molar-refractivity contribution in [2.24, 2.45) is 0 Å². The van der Waals surface area contributed by atoms with E-state index in [-0.39, 0.29) is 37.6 Å². The molecular weight excluding hydrogens is 304 g/mol. The van der Waals surface area contributed by atoms with Crippen LogP contribution in [0.15, 0.2) is 24.3 Å². The molecule has 23 heavy (non-hydrogen) atoms. The summed E-state index contributed by atoms with van der Waals surface area (Å²) < 4.78 is 26.1. The Hall–Kier alpha value is -1.96. The van der Waals surface area contributed by atoms with Crippen molar-refractivity contribution < 1.29 is 33.3 Å². The Morgan fingerprint density at radius 1 is 0.565 bits per heavy atom. The zero-order valence-electron chi connectivity index (χ0n) is 12.8. The third-order valence-electron chi connectivity index (χ3n) is 3.03. The molecule has 126 valence electrons. The minimum atomic E-state index is -0.585. The van der Waals surface area contributed by atoms with Crippen LogP contribution in [0.3, 0.4) is 0 Å². The van der Waals surface area contributed by atoms with Crippen LogP contribution in [0.2, 0.25) is 0 Å². The molecule has 0 bridgehead atoms. The third-order valence-corrected chi connectivity index (χ3v) is 3.03. The van der Waals surface area contributed by atoms with Crippen LogP contribution in [-0.4, -0.2) is 64.8 Å². The normalized spacial score (nSPS) is 19.1. The van der Waals surface area contributed by atoms with E-state index in [1.165, 1.54) is 12.1 Å². The van der Waals surface area contributed by atoms with Crippen LogP contribution in [-0.2, 0) is 23.7 Å². The molecule has 0 N–H and O–H groups in total. The molecule has 0 amide bonds. The van der Waals surface area contributed by atoms with E-state index >= 15 is 0 Å². The molecule has 0 saturated heterocycles. The molecule has 0 radical (unpaired) electrons. The molecule has 0 aliphatic carbocycles. The first-order valence-electron chi connectivity index (χ1n) is 7.45. The Labute approximate surface area is 134 Å². The molecule has 1 aliphatic rings. The number of hydrogen-bond acceptors (Lipinski definition) is 7. The van der Waals surface area contributed by atoms with Gasteiger partial charge in [-0.05, 0) is 12.1 Å². The fraction of sp³-hybridized carbons (Fsp3) is 0.500. The highest BCUT2D eigenvalue weighted by atomic mass is 16.6. The first-order valence-corrected chi connectivity index (χ1v) is 7.45. The number of fused-ring (bicyclic) bond motifs is 1. The van der Waals surface area contributed by atoms with Crippen molar-refractivity contribution in [3.63, 3.8) is 0 Å². The van der Waals surface area contributed by atoms with Gasteiger partial charge < -0.3 is 23.7 Å². The van der Waals surface area contributed by atoms with E-state index < -0.39 is 11.9 Å². The number of cyclic esters (lactones) is 2. The maximum absolute atomic E-state index is 12.1. The van der Waals surface area contributed by atoms with Gasteiger partial charge in [-0.25, -0.2) is 9.59 Å². The Morgan fingerprint density at radius 3 is 1.30 bits per heavy atom. The van der Waals surface area contributed by atoms with Gasteiger partial charge in [0.25, 0.3) is 0 Å². The Bertz CT molecular complexity index is 470. The van der Waals surface area contributed by atoms with Gasteiger partial charge in [0, 0.05) is 0 Å². The summed E-state index contributed by atoms with van der Waals surface area (Å²) in [6.45, 7) is 2.43. The number of esters is 2. The molecule has 2 rings (SSSR count). The summed E-state index contributed by atoms with van der Waals surface area (Å²) >= 11 is 0. The van der Waals surface area contributed by atoms with Crippen LogP contribution in [0.1, 0.15) is 20.7 Å². The highest BCUT2D eigenvalue weighted by Crippen LogP contribution is 2.12. The minimum absolute atomic E-state index is 0.103. The van der Waals surface area contributed by atoms with Gasteiger partial charge in [0.05, 0.1) is 50.8 Å². The first-order chi connectivity index (χ1) is 11.3. The van der Waals surface area contributed by atoms with Crippen LogP contribution in [0, 0.1) is 0 Å². The van der Waals surface area contributed by atoms with E-state index in [0.717, 1.165) is 0 Å². The van der Waals surface area contributed by atoms with Gasteiger partial charge in [0.15, 0.2) is 0 Å². The standard InChI is InChI=1S/C16H20O7/c17-15-13-3-1-2-4-14(13)16(18)23-12-10-21-8-6-19-5-7-20-9-11-22-15/h1-4H,5-12H2. The van der Waals surface area contributed by atoms with Gasteiger partial charge in [-0.15, -0.1) is 0 Å². The van der Waals surface area contributed by atoms with Crippen LogP contribution in [0.25, 0.3) is 0 Å². The van der Waals surface area contributed by atoms with Crippen molar-refractivity contribution in [1.29, 1.82) is 0 Å². The summed E-state index contributed by atoms with van der Waals surface area (Å²) in [6, 6.07) is 6.37. The molecule has 0 spiro atoms. The topological polar surface area (TPSA) is 80.3 Å². The van der Waals surface area contributed by atoms with Crippen LogP contribution in [0.4, 0.5) is 0 Å². The van der Waals surface area contributed by atoms with Crippen molar-refractivity contribution in [1.82, 2.24) is 0 Å². The predicted molar refractivity (Wildman–Crippen MR) is 79.5 cm³/mol. The summed E-state index contributed by atoms with van der Waals surface area (Å²) in [5, 5.41) is 0. The quantitative estimate of drug-likeness (QED) is 0.660. The number of rotatable bonds is 0. The van der Waals surface area contributed by atoms with E-state index in [1.54, 1.807) is 12.1 Å². The lowest BCUT2D eigenvalue weighted by Gasteiger charge is -2.09. The van der Waals surface area contributed by atoms with E-state index in [0.29, 0.717) is 26.4 Å². The Kier molecular flexibility index (Phi) is 7.51. The average Bonchev–Trinajstić information content (AvgIpc) is 2.58. The number of carbonyl (C=O) groups is 2. The number of benzene rings is 1. The third kappa shape index (κ3) is 5.97. The number of hydrogen-bond donors (Lipinski definition) is 0. The number of ether oxygens (including phenoxy) is 5. The first kappa shape index (κ1) is 17.4. The summed E-state index contributed by atoms with van der Waals surface area (Å²) in [5.41, 5.74) is 0.345. The molecule has 0 aromatic heterocycles. The van der Waals surface area contributed by atoms with E-state index in [1.807, 2.05) is 0 Å².